The van der Waals surface area contributed by atoms with Gasteiger partial charge >= 0.3 is 12.0 Å². The number of methoxy groups -OCH3 is 2. The van der Waals surface area contributed by atoms with E-state index in [0.29, 0.717) is 13.1 Å². The lowest BCUT2D eigenvalue weighted by Crippen LogP contribution is -2.48. The normalized spacial score (nSPS) is 14.8. The van der Waals surface area contributed by atoms with Crippen LogP contribution in [0.4, 0.5) is 5.95 Å². The summed E-state index contributed by atoms with van der Waals surface area (Å²) in [4.78, 5) is 25.6. The Kier molecular flexibility index (Phi) is 4.88. The standard InChI is InChI=1S/C11H18N6O3/c1-19-10-14-9(15-11(16-10)20-2)13-7-8(18)17-5-3-12-4-6-17/h12H,3-7H2,1-2H3,(H,13,14,15,16). The fraction of sp³-hybridized carbons (Fsp3) is 0.636. The minimum Gasteiger partial charge on any atom is -0.467 e. The van der Waals surface area contributed by atoms with Crippen LogP contribution < -0.4 is 20.1 Å². The van der Waals surface area contributed by atoms with Gasteiger partial charge in [-0.2, -0.15) is 9.97 Å². The number of aromatic nitrogens is 3. The minimum atomic E-state index is 0.00449. The summed E-state index contributed by atoms with van der Waals surface area (Å²) in [5.74, 6) is 0.252. The first-order valence-corrected chi connectivity index (χ1v) is 6.29. The number of amides is 1. The van der Waals surface area contributed by atoms with Gasteiger partial charge in [0.1, 0.15) is 0 Å². The summed E-state index contributed by atoms with van der Waals surface area (Å²) >= 11 is 0. The Balaban J connectivity index is 1.94. The molecular formula is C11H18N6O3. The minimum absolute atomic E-state index is 0.00449. The van der Waals surface area contributed by atoms with Crippen LogP contribution >= 0.6 is 0 Å². The number of nitrogens with one attached hydrogen (secondary N) is 2. The maximum atomic E-state index is 12.0. The highest BCUT2D eigenvalue weighted by Gasteiger charge is 2.16. The third kappa shape index (κ3) is 3.67. The number of rotatable bonds is 5. The molecule has 0 atom stereocenters. The summed E-state index contributed by atoms with van der Waals surface area (Å²) in [5, 5.41) is 6.05. The molecule has 9 nitrogen and oxygen atoms in total. The van der Waals surface area contributed by atoms with Crippen molar-refractivity contribution in [3.8, 4) is 12.0 Å². The zero-order chi connectivity index (χ0) is 14.4. The predicted octanol–water partition coefficient (Wildman–Crippen LogP) is -1.27. The van der Waals surface area contributed by atoms with E-state index in [4.69, 9.17) is 9.47 Å². The zero-order valence-corrected chi connectivity index (χ0v) is 11.5. The van der Waals surface area contributed by atoms with E-state index in [1.54, 1.807) is 4.90 Å². The molecule has 110 valence electrons. The summed E-state index contributed by atoms with van der Waals surface area (Å²) in [6, 6.07) is 0.267. The van der Waals surface area contributed by atoms with E-state index < -0.39 is 0 Å². The molecule has 20 heavy (non-hydrogen) atoms. The molecule has 1 aromatic heterocycles. The van der Waals surface area contributed by atoms with Crippen molar-refractivity contribution in [3.05, 3.63) is 0 Å². The maximum Gasteiger partial charge on any atom is 0.324 e. The first-order chi connectivity index (χ1) is 9.72. The van der Waals surface area contributed by atoms with E-state index in [1.165, 1.54) is 14.2 Å². The van der Waals surface area contributed by atoms with Crippen LogP contribution in [0.25, 0.3) is 0 Å². The van der Waals surface area contributed by atoms with E-state index in [0.717, 1.165) is 13.1 Å². The van der Waals surface area contributed by atoms with Crippen LogP contribution in [-0.4, -0.2) is 72.7 Å². The molecule has 0 aliphatic carbocycles. The van der Waals surface area contributed by atoms with Crippen LogP contribution in [-0.2, 0) is 4.79 Å². The smallest absolute Gasteiger partial charge is 0.324 e. The molecule has 1 aliphatic heterocycles. The molecular weight excluding hydrogens is 264 g/mol. The largest absolute Gasteiger partial charge is 0.467 e. The van der Waals surface area contributed by atoms with Gasteiger partial charge in [-0.15, -0.1) is 4.98 Å². The van der Waals surface area contributed by atoms with E-state index in [9.17, 15) is 4.79 Å². The van der Waals surface area contributed by atoms with Gasteiger partial charge in [-0.05, 0) is 0 Å². The Morgan fingerprint density at radius 1 is 1.20 bits per heavy atom. The molecule has 0 spiro atoms. The second-order valence-electron chi connectivity index (χ2n) is 4.12. The van der Waals surface area contributed by atoms with Crippen molar-refractivity contribution in [1.29, 1.82) is 0 Å². The van der Waals surface area contributed by atoms with Crippen molar-refractivity contribution in [2.24, 2.45) is 0 Å². The number of nitrogens with zero attached hydrogens (tertiary/aromatic N) is 4. The monoisotopic (exact) mass is 282 g/mol. The van der Waals surface area contributed by atoms with Crippen LogP contribution in [0.1, 0.15) is 0 Å². The van der Waals surface area contributed by atoms with Gasteiger partial charge < -0.3 is 25.0 Å². The lowest BCUT2D eigenvalue weighted by molar-refractivity contribution is -0.129. The van der Waals surface area contributed by atoms with Gasteiger partial charge in [-0.1, -0.05) is 0 Å². The zero-order valence-electron chi connectivity index (χ0n) is 11.5. The summed E-state index contributed by atoms with van der Waals surface area (Å²) < 4.78 is 9.87. The average Bonchev–Trinajstić information content (AvgIpc) is 2.53. The summed E-state index contributed by atoms with van der Waals surface area (Å²) in [6.07, 6.45) is 0. The lowest BCUT2D eigenvalue weighted by atomic mass is 10.3. The predicted molar refractivity (Wildman–Crippen MR) is 70.9 cm³/mol. The number of hydrogen-bond donors (Lipinski definition) is 2. The van der Waals surface area contributed by atoms with Gasteiger partial charge in [-0.25, -0.2) is 0 Å². The molecule has 0 unspecified atom stereocenters. The van der Waals surface area contributed by atoms with E-state index in [1.807, 2.05) is 0 Å². The number of carbonyl (C=O) groups excluding carboxylic acids is 1. The lowest BCUT2D eigenvalue weighted by Gasteiger charge is -2.27. The molecule has 0 bridgehead atoms. The molecule has 1 aromatic rings. The van der Waals surface area contributed by atoms with Gasteiger partial charge in [0.05, 0.1) is 20.8 Å². The quantitative estimate of drug-likeness (QED) is 0.689. The Morgan fingerprint density at radius 3 is 2.35 bits per heavy atom. The van der Waals surface area contributed by atoms with Crippen LogP contribution in [0, 0.1) is 0 Å². The van der Waals surface area contributed by atoms with E-state index in [-0.39, 0.29) is 30.4 Å². The van der Waals surface area contributed by atoms with Crippen molar-refractivity contribution >= 4 is 11.9 Å². The Hall–Kier alpha value is -2.16. The van der Waals surface area contributed by atoms with E-state index >= 15 is 0 Å². The molecule has 1 fully saturated rings. The van der Waals surface area contributed by atoms with Crippen molar-refractivity contribution in [2.75, 3.05) is 52.3 Å². The number of ether oxygens (including phenoxy) is 2. The first-order valence-electron chi connectivity index (χ1n) is 6.29. The molecule has 1 saturated heterocycles. The number of piperazine rings is 1. The van der Waals surface area contributed by atoms with Crippen molar-refractivity contribution in [2.45, 2.75) is 0 Å². The van der Waals surface area contributed by atoms with Crippen molar-refractivity contribution in [1.82, 2.24) is 25.2 Å². The highest BCUT2D eigenvalue weighted by Crippen LogP contribution is 2.11. The third-order valence-corrected chi connectivity index (χ3v) is 2.83. The first kappa shape index (κ1) is 14.3. The summed E-state index contributed by atoms with van der Waals surface area (Å²) in [7, 11) is 2.90. The van der Waals surface area contributed by atoms with Crippen molar-refractivity contribution < 1.29 is 14.3 Å². The second kappa shape index (κ2) is 6.85. The second-order valence-corrected chi connectivity index (χ2v) is 4.12. The molecule has 2 N–H and O–H groups in total. The molecule has 9 heteroatoms. The van der Waals surface area contributed by atoms with Gasteiger partial charge in [0.2, 0.25) is 11.9 Å². The Morgan fingerprint density at radius 2 is 1.80 bits per heavy atom. The van der Waals surface area contributed by atoms with Crippen LogP contribution in [0.5, 0.6) is 12.0 Å². The van der Waals surface area contributed by atoms with Gasteiger partial charge in [-0.3, -0.25) is 4.79 Å². The highest BCUT2D eigenvalue weighted by atomic mass is 16.5. The van der Waals surface area contributed by atoms with E-state index in [2.05, 4.69) is 25.6 Å². The SMILES string of the molecule is COc1nc(NCC(=O)N2CCNCC2)nc(OC)n1. The van der Waals surface area contributed by atoms with Gasteiger partial charge in [0.15, 0.2) is 0 Å². The molecule has 2 heterocycles. The average molecular weight is 282 g/mol. The van der Waals surface area contributed by atoms with Crippen LogP contribution in [0.2, 0.25) is 0 Å². The summed E-state index contributed by atoms with van der Waals surface area (Å²) in [5.41, 5.74) is 0. The molecule has 0 aromatic carbocycles. The molecule has 0 saturated carbocycles. The van der Waals surface area contributed by atoms with Crippen molar-refractivity contribution in [3.63, 3.8) is 0 Å². The molecule has 1 aliphatic rings. The Labute approximate surface area is 116 Å². The topological polar surface area (TPSA) is 102 Å². The Bertz CT molecular complexity index is 441. The number of carbonyl (C=O) groups is 1. The summed E-state index contributed by atoms with van der Waals surface area (Å²) in [6.45, 7) is 3.18. The van der Waals surface area contributed by atoms with Gasteiger partial charge in [0.25, 0.3) is 0 Å². The van der Waals surface area contributed by atoms with Gasteiger partial charge in [0, 0.05) is 26.2 Å². The maximum absolute atomic E-state index is 12.0. The molecule has 0 radical (unpaired) electrons. The van der Waals surface area contributed by atoms with Crippen LogP contribution in [0.3, 0.4) is 0 Å². The molecule has 2 rings (SSSR count). The highest BCUT2D eigenvalue weighted by molar-refractivity contribution is 5.80. The van der Waals surface area contributed by atoms with Crippen LogP contribution in [0.15, 0.2) is 0 Å². The fourth-order valence-corrected chi connectivity index (χ4v) is 1.78. The number of hydrogen-bond acceptors (Lipinski definition) is 8. The number of anilines is 1. The molecule has 1 amide bonds. The fourth-order valence-electron chi connectivity index (χ4n) is 1.78. The third-order valence-electron chi connectivity index (χ3n) is 2.83.